The Labute approximate surface area is 119 Å². The molecule has 0 fully saturated rings. The molecule has 0 atom stereocenters. The minimum absolute atomic E-state index is 0.186. The number of nitro groups is 1. The number of aromatic nitrogens is 2. The molecule has 0 unspecified atom stereocenters. The number of aromatic carboxylic acids is 1. The van der Waals surface area contributed by atoms with Crippen molar-refractivity contribution in [3.63, 3.8) is 0 Å². The van der Waals surface area contributed by atoms with Crippen molar-refractivity contribution in [2.45, 2.75) is 13.5 Å². The van der Waals surface area contributed by atoms with Crippen molar-refractivity contribution in [2.24, 2.45) is 0 Å². The van der Waals surface area contributed by atoms with Crippen LogP contribution in [0.4, 0.5) is 5.69 Å². The molecule has 2 aromatic rings. The second-order valence-corrected chi connectivity index (χ2v) is 4.38. The summed E-state index contributed by atoms with van der Waals surface area (Å²) in [7, 11) is 0. The topological polar surface area (TPSA) is 122 Å². The van der Waals surface area contributed by atoms with E-state index in [1.807, 2.05) is 6.07 Å². The molecule has 1 heterocycles. The summed E-state index contributed by atoms with van der Waals surface area (Å²) in [5.74, 6) is -1.45. The van der Waals surface area contributed by atoms with Gasteiger partial charge >= 0.3 is 11.7 Å². The summed E-state index contributed by atoms with van der Waals surface area (Å²) in [4.78, 5) is 20.9. The Morgan fingerprint density at radius 2 is 2.29 bits per heavy atom. The Kier molecular flexibility index (Phi) is 3.67. The van der Waals surface area contributed by atoms with Crippen LogP contribution in [0.1, 0.15) is 27.2 Å². The first-order chi connectivity index (χ1) is 9.92. The molecule has 0 saturated heterocycles. The van der Waals surface area contributed by atoms with Gasteiger partial charge < -0.3 is 5.11 Å². The Morgan fingerprint density at radius 1 is 1.57 bits per heavy atom. The first-order valence-corrected chi connectivity index (χ1v) is 5.87. The van der Waals surface area contributed by atoms with E-state index in [9.17, 15) is 14.9 Å². The molecule has 0 aliphatic rings. The number of hydrogen-bond acceptors (Lipinski definition) is 5. The highest BCUT2D eigenvalue weighted by molar-refractivity contribution is 5.89. The van der Waals surface area contributed by atoms with E-state index >= 15 is 0 Å². The number of carboxylic acid groups (broad SMARTS) is 1. The molecule has 1 aromatic heterocycles. The van der Waals surface area contributed by atoms with Gasteiger partial charge in [-0.3, -0.25) is 14.8 Å². The summed E-state index contributed by atoms with van der Waals surface area (Å²) < 4.78 is 1.20. The van der Waals surface area contributed by atoms with Gasteiger partial charge in [0.2, 0.25) is 5.69 Å². The minimum atomic E-state index is -1.45. The quantitative estimate of drug-likeness (QED) is 0.674. The number of carboxylic acids is 1. The standard InChI is InChI=1S/C13H10N4O4/c1-8-4-9(5-14)2-3-10(8)6-16-7-11(17(20)21)12(15-16)13(18)19/h2-4,7H,6H2,1H3,(H,18,19). The lowest BCUT2D eigenvalue weighted by molar-refractivity contribution is -0.385. The first-order valence-electron chi connectivity index (χ1n) is 5.87. The van der Waals surface area contributed by atoms with E-state index in [2.05, 4.69) is 5.10 Å². The fourth-order valence-electron chi connectivity index (χ4n) is 1.90. The van der Waals surface area contributed by atoms with Crippen molar-refractivity contribution in [3.05, 3.63) is 56.9 Å². The average Bonchev–Trinajstić information content (AvgIpc) is 2.85. The monoisotopic (exact) mass is 286 g/mol. The van der Waals surface area contributed by atoms with Crippen LogP contribution in [0.15, 0.2) is 24.4 Å². The van der Waals surface area contributed by atoms with Crippen molar-refractivity contribution in [1.29, 1.82) is 5.26 Å². The smallest absolute Gasteiger partial charge is 0.363 e. The van der Waals surface area contributed by atoms with E-state index < -0.39 is 22.3 Å². The maximum Gasteiger partial charge on any atom is 0.363 e. The summed E-state index contributed by atoms with van der Waals surface area (Å²) in [6, 6.07) is 7.03. The predicted molar refractivity (Wildman–Crippen MR) is 70.8 cm³/mol. The lowest BCUT2D eigenvalue weighted by Gasteiger charge is -2.05. The number of nitriles is 1. The average molecular weight is 286 g/mol. The molecule has 1 aromatic carbocycles. The van der Waals surface area contributed by atoms with Crippen molar-refractivity contribution in [1.82, 2.24) is 9.78 Å². The third kappa shape index (κ3) is 2.87. The third-order valence-electron chi connectivity index (χ3n) is 2.95. The Hall–Kier alpha value is -3.21. The zero-order valence-corrected chi connectivity index (χ0v) is 11.0. The highest BCUT2D eigenvalue weighted by atomic mass is 16.6. The van der Waals surface area contributed by atoms with Crippen LogP contribution in [0.3, 0.4) is 0 Å². The number of nitrogens with zero attached hydrogens (tertiary/aromatic N) is 4. The number of aryl methyl sites for hydroxylation is 1. The van der Waals surface area contributed by atoms with Crippen molar-refractivity contribution in [3.8, 4) is 6.07 Å². The largest absolute Gasteiger partial charge is 0.476 e. The Balaban J connectivity index is 2.37. The summed E-state index contributed by atoms with van der Waals surface area (Å²) in [5.41, 5.74) is 0.987. The molecular weight excluding hydrogens is 276 g/mol. The van der Waals surface area contributed by atoms with Gasteiger partial charge in [-0.2, -0.15) is 10.4 Å². The molecule has 21 heavy (non-hydrogen) atoms. The molecule has 0 saturated carbocycles. The van der Waals surface area contributed by atoms with Crippen LogP contribution in [-0.4, -0.2) is 25.8 Å². The van der Waals surface area contributed by atoms with E-state index in [0.29, 0.717) is 5.56 Å². The Bertz CT molecular complexity index is 741. The van der Waals surface area contributed by atoms with Crippen LogP contribution in [0, 0.1) is 28.4 Å². The zero-order chi connectivity index (χ0) is 15.6. The number of benzene rings is 1. The van der Waals surface area contributed by atoms with Crippen molar-refractivity contribution >= 4 is 11.7 Å². The van der Waals surface area contributed by atoms with Gasteiger partial charge in [-0.05, 0) is 30.2 Å². The highest BCUT2D eigenvalue weighted by Crippen LogP contribution is 2.18. The van der Waals surface area contributed by atoms with E-state index in [0.717, 1.165) is 17.3 Å². The lowest BCUT2D eigenvalue weighted by Crippen LogP contribution is -2.05. The second-order valence-electron chi connectivity index (χ2n) is 4.38. The lowest BCUT2D eigenvalue weighted by atomic mass is 10.1. The fraction of sp³-hybridized carbons (Fsp3) is 0.154. The summed E-state index contributed by atoms with van der Waals surface area (Å²) in [5, 5.41) is 32.2. The predicted octanol–water partition coefficient (Wildman–Crippen LogP) is 1.72. The van der Waals surface area contributed by atoms with Crippen LogP contribution in [0.5, 0.6) is 0 Å². The van der Waals surface area contributed by atoms with E-state index in [4.69, 9.17) is 10.4 Å². The van der Waals surface area contributed by atoms with Gasteiger partial charge in [0, 0.05) is 0 Å². The molecule has 2 rings (SSSR count). The van der Waals surface area contributed by atoms with Gasteiger partial charge in [0.1, 0.15) is 6.20 Å². The maximum atomic E-state index is 10.9. The zero-order valence-electron chi connectivity index (χ0n) is 11.0. The normalized spacial score (nSPS) is 10.1. The SMILES string of the molecule is Cc1cc(C#N)ccc1Cn1cc([N+](=O)[O-])c(C(=O)O)n1. The molecular formula is C13H10N4O4. The summed E-state index contributed by atoms with van der Waals surface area (Å²) in [6.07, 6.45) is 1.08. The third-order valence-corrected chi connectivity index (χ3v) is 2.95. The number of rotatable bonds is 4. The molecule has 0 amide bonds. The maximum absolute atomic E-state index is 10.9. The molecule has 0 bridgehead atoms. The summed E-state index contributed by atoms with van der Waals surface area (Å²) >= 11 is 0. The van der Waals surface area contributed by atoms with Gasteiger partial charge in [-0.25, -0.2) is 4.79 Å². The van der Waals surface area contributed by atoms with Gasteiger partial charge in [0.25, 0.3) is 0 Å². The molecule has 106 valence electrons. The fourth-order valence-corrected chi connectivity index (χ4v) is 1.90. The molecule has 8 heteroatoms. The van der Waals surface area contributed by atoms with Crippen LogP contribution in [0.25, 0.3) is 0 Å². The minimum Gasteiger partial charge on any atom is -0.476 e. The number of carbonyl (C=O) groups is 1. The van der Waals surface area contributed by atoms with Gasteiger partial charge in [0.05, 0.1) is 23.1 Å². The van der Waals surface area contributed by atoms with Gasteiger partial charge in [0.15, 0.2) is 0 Å². The van der Waals surface area contributed by atoms with E-state index in [-0.39, 0.29) is 6.54 Å². The van der Waals surface area contributed by atoms with Crippen molar-refractivity contribution < 1.29 is 14.8 Å². The van der Waals surface area contributed by atoms with Gasteiger partial charge in [-0.15, -0.1) is 0 Å². The van der Waals surface area contributed by atoms with Crippen LogP contribution in [0.2, 0.25) is 0 Å². The first kappa shape index (κ1) is 14.2. The molecule has 8 nitrogen and oxygen atoms in total. The van der Waals surface area contributed by atoms with E-state index in [1.165, 1.54) is 4.68 Å². The van der Waals surface area contributed by atoms with Crippen LogP contribution >= 0.6 is 0 Å². The second kappa shape index (κ2) is 5.42. The molecule has 1 N–H and O–H groups in total. The van der Waals surface area contributed by atoms with Gasteiger partial charge in [-0.1, -0.05) is 6.07 Å². The van der Waals surface area contributed by atoms with Crippen LogP contribution in [-0.2, 0) is 6.54 Å². The highest BCUT2D eigenvalue weighted by Gasteiger charge is 2.25. The number of hydrogen-bond donors (Lipinski definition) is 1. The Morgan fingerprint density at radius 3 is 2.76 bits per heavy atom. The molecule has 0 aliphatic carbocycles. The van der Waals surface area contributed by atoms with E-state index in [1.54, 1.807) is 25.1 Å². The molecule has 0 aliphatic heterocycles. The van der Waals surface area contributed by atoms with Crippen molar-refractivity contribution in [2.75, 3.05) is 0 Å². The molecule has 0 spiro atoms. The molecule has 0 radical (unpaired) electrons. The summed E-state index contributed by atoms with van der Waals surface area (Å²) in [6.45, 7) is 1.98. The van der Waals surface area contributed by atoms with Crippen LogP contribution < -0.4 is 0 Å².